The molecule has 0 spiro atoms. The van der Waals surface area contributed by atoms with E-state index in [-0.39, 0.29) is 5.76 Å². The van der Waals surface area contributed by atoms with E-state index < -0.39 is 13.1 Å². The van der Waals surface area contributed by atoms with Crippen molar-refractivity contribution in [3.05, 3.63) is 23.7 Å². The number of aryl methyl sites for hydroxylation is 1. The Bertz CT molecular complexity index is 373. The zero-order chi connectivity index (χ0) is 10.8. The first-order valence-electron chi connectivity index (χ1n) is 3.86. The summed E-state index contributed by atoms with van der Waals surface area (Å²) in [6, 6.07) is 3.03. The molecule has 0 radical (unpaired) electrons. The van der Waals surface area contributed by atoms with Crippen molar-refractivity contribution in [2.24, 2.45) is 0 Å². The summed E-state index contributed by atoms with van der Waals surface area (Å²) in [7, 11) is -1.41. The lowest BCUT2D eigenvalue weighted by Gasteiger charge is -2.09. The monoisotopic (exact) mass is 218 g/mol. The summed E-state index contributed by atoms with van der Waals surface area (Å²) in [5, 5.41) is 0. The summed E-state index contributed by atoms with van der Waals surface area (Å²) in [4.78, 5) is 11.5. The lowest BCUT2D eigenvalue weighted by Crippen LogP contribution is -2.02. The maximum Gasteiger partial charge on any atom is 0.404 e. The van der Waals surface area contributed by atoms with Crippen LogP contribution in [0.1, 0.15) is 16.3 Å². The summed E-state index contributed by atoms with van der Waals surface area (Å²) >= 11 is 0. The van der Waals surface area contributed by atoms with Crippen molar-refractivity contribution in [2.75, 3.05) is 14.2 Å². The van der Waals surface area contributed by atoms with E-state index in [9.17, 15) is 9.36 Å². The molecule has 0 saturated carbocycles. The van der Waals surface area contributed by atoms with Crippen LogP contribution in [0.15, 0.2) is 16.5 Å². The molecule has 6 heteroatoms. The molecule has 1 aromatic heterocycles. The number of carbonyl (C=O) groups is 1. The summed E-state index contributed by atoms with van der Waals surface area (Å²) < 4.78 is 25.7. The molecule has 1 heterocycles. The fourth-order valence-corrected chi connectivity index (χ4v) is 1.80. The number of hydrogen-bond acceptors (Lipinski definition) is 5. The second kappa shape index (κ2) is 4.09. The average molecular weight is 218 g/mol. The molecule has 0 aromatic carbocycles. The van der Waals surface area contributed by atoms with Gasteiger partial charge in [0.15, 0.2) is 5.76 Å². The quantitative estimate of drug-likeness (QED) is 0.725. The van der Waals surface area contributed by atoms with Gasteiger partial charge in [-0.05, 0) is 19.1 Å². The Morgan fingerprint density at radius 3 is 2.29 bits per heavy atom. The van der Waals surface area contributed by atoms with Crippen LogP contribution in [0.25, 0.3) is 0 Å². The summed E-state index contributed by atoms with van der Waals surface area (Å²) in [5.74, 6) is 0.543. The third-order valence-electron chi connectivity index (χ3n) is 1.68. The molecule has 0 aliphatic heterocycles. The molecule has 0 saturated heterocycles. The van der Waals surface area contributed by atoms with Crippen molar-refractivity contribution in [2.45, 2.75) is 6.92 Å². The predicted molar refractivity (Wildman–Crippen MR) is 49.4 cm³/mol. The van der Waals surface area contributed by atoms with E-state index in [2.05, 4.69) is 9.05 Å². The highest BCUT2D eigenvalue weighted by Gasteiger charge is 2.35. The van der Waals surface area contributed by atoms with E-state index in [0.29, 0.717) is 5.76 Å². The molecular weight excluding hydrogens is 207 g/mol. The summed E-state index contributed by atoms with van der Waals surface area (Å²) in [6.07, 6.45) is 0. The maximum absolute atomic E-state index is 11.6. The van der Waals surface area contributed by atoms with Crippen LogP contribution in [0.5, 0.6) is 0 Å². The van der Waals surface area contributed by atoms with Gasteiger partial charge in [-0.2, -0.15) is 0 Å². The second-order valence-electron chi connectivity index (χ2n) is 2.58. The van der Waals surface area contributed by atoms with Crippen molar-refractivity contribution >= 4 is 13.1 Å². The van der Waals surface area contributed by atoms with E-state index in [1.807, 2.05) is 0 Å². The molecule has 1 aromatic rings. The van der Waals surface area contributed by atoms with Gasteiger partial charge in [-0.15, -0.1) is 0 Å². The van der Waals surface area contributed by atoms with Gasteiger partial charge in [-0.1, -0.05) is 0 Å². The predicted octanol–water partition coefficient (Wildman–Crippen LogP) is 2.21. The average Bonchev–Trinajstić information content (AvgIpc) is 2.62. The van der Waals surface area contributed by atoms with Gasteiger partial charge in [0.1, 0.15) is 5.76 Å². The third-order valence-corrected chi connectivity index (χ3v) is 3.36. The van der Waals surface area contributed by atoms with Crippen LogP contribution in [-0.4, -0.2) is 19.7 Å². The number of rotatable bonds is 4. The van der Waals surface area contributed by atoms with Gasteiger partial charge in [0, 0.05) is 14.2 Å². The minimum atomic E-state index is -3.71. The molecule has 78 valence electrons. The van der Waals surface area contributed by atoms with Crippen molar-refractivity contribution in [3.8, 4) is 0 Å². The van der Waals surface area contributed by atoms with Crippen LogP contribution < -0.4 is 0 Å². The highest BCUT2D eigenvalue weighted by Crippen LogP contribution is 2.49. The topological polar surface area (TPSA) is 65.7 Å². The lowest BCUT2D eigenvalue weighted by molar-refractivity contribution is 0.0995. The molecule has 14 heavy (non-hydrogen) atoms. The molecule has 0 amide bonds. The van der Waals surface area contributed by atoms with Gasteiger partial charge in [-0.3, -0.25) is 9.36 Å². The van der Waals surface area contributed by atoms with Gasteiger partial charge in [-0.25, -0.2) is 0 Å². The molecule has 0 atom stereocenters. The molecule has 1 rings (SSSR count). The zero-order valence-corrected chi connectivity index (χ0v) is 9.04. The van der Waals surface area contributed by atoms with Gasteiger partial charge in [0.2, 0.25) is 0 Å². The van der Waals surface area contributed by atoms with Gasteiger partial charge in [0.25, 0.3) is 0 Å². The molecule has 0 bridgehead atoms. The van der Waals surface area contributed by atoms with Crippen LogP contribution in [0.4, 0.5) is 0 Å². The summed E-state index contributed by atoms with van der Waals surface area (Å²) in [6.45, 7) is 1.68. The molecule has 0 fully saturated rings. The molecule has 0 N–H and O–H groups in total. The minimum absolute atomic E-state index is 0.0190. The van der Waals surface area contributed by atoms with Crippen LogP contribution in [0.3, 0.4) is 0 Å². The second-order valence-corrected chi connectivity index (χ2v) is 4.71. The molecule has 0 unspecified atom stereocenters. The number of hydrogen-bond donors (Lipinski definition) is 0. The van der Waals surface area contributed by atoms with E-state index in [1.54, 1.807) is 13.0 Å². The van der Waals surface area contributed by atoms with Crippen LogP contribution in [0.2, 0.25) is 0 Å². The van der Waals surface area contributed by atoms with Crippen molar-refractivity contribution in [3.63, 3.8) is 0 Å². The highest BCUT2D eigenvalue weighted by molar-refractivity contribution is 7.72. The van der Waals surface area contributed by atoms with Crippen molar-refractivity contribution in [1.82, 2.24) is 0 Å². The number of furan rings is 1. The Balaban J connectivity index is 3.01. The van der Waals surface area contributed by atoms with Crippen LogP contribution in [-0.2, 0) is 13.6 Å². The zero-order valence-electron chi connectivity index (χ0n) is 8.14. The Labute approximate surface area is 81.5 Å². The Morgan fingerprint density at radius 1 is 1.36 bits per heavy atom. The first kappa shape index (κ1) is 11.2. The Hall–Kier alpha value is -0.900. The van der Waals surface area contributed by atoms with Gasteiger partial charge >= 0.3 is 13.1 Å². The van der Waals surface area contributed by atoms with Gasteiger partial charge in [0.05, 0.1) is 0 Å². The SMILES string of the molecule is COP(=O)(OC)C(=O)c1ccc(C)o1. The van der Waals surface area contributed by atoms with Gasteiger partial charge < -0.3 is 13.5 Å². The smallest absolute Gasteiger partial charge is 0.404 e. The maximum atomic E-state index is 11.6. The van der Waals surface area contributed by atoms with E-state index >= 15 is 0 Å². The van der Waals surface area contributed by atoms with Crippen LogP contribution >= 0.6 is 7.60 Å². The fraction of sp³-hybridized carbons (Fsp3) is 0.375. The first-order chi connectivity index (χ1) is 6.53. The first-order valence-corrected chi connectivity index (χ1v) is 5.40. The van der Waals surface area contributed by atoms with E-state index in [1.165, 1.54) is 6.07 Å². The molecule has 5 nitrogen and oxygen atoms in total. The minimum Gasteiger partial charge on any atom is -0.458 e. The molecular formula is C8H11O5P. The molecule has 0 aliphatic rings. The van der Waals surface area contributed by atoms with Crippen molar-refractivity contribution in [1.29, 1.82) is 0 Å². The Morgan fingerprint density at radius 2 is 1.93 bits per heavy atom. The lowest BCUT2D eigenvalue weighted by atomic mass is 10.4. The normalized spacial score (nSPS) is 11.6. The molecule has 0 aliphatic carbocycles. The standard InChI is InChI=1S/C8H11O5P/c1-6-4-5-7(13-6)8(9)14(10,11-2)12-3/h4-5H,1-3H3. The summed E-state index contributed by atoms with van der Waals surface area (Å²) in [5.41, 5.74) is -0.768. The largest absolute Gasteiger partial charge is 0.458 e. The Kier molecular flexibility index (Phi) is 3.26. The van der Waals surface area contributed by atoms with E-state index in [0.717, 1.165) is 14.2 Å². The highest BCUT2D eigenvalue weighted by atomic mass is 31.2. The third kappa shape index (κ3) is 1.95. The fourth-order valence-electron chi connectivity index (χ4n) is 0.925. The van der Waals surface area contributed by atoms with E-state index in [4.69, 9.17) is 4.42 Å². The van der Waals surface area contributed by atoms with Crippen molar-refractivity contribution < 1.29 is 22.8 Å². The number of carbonyl (C=O) groups excluding carboxylic acids is 1. The van der Waals surface area contributed by atoms with Crippen LogP contribution in [0, 0.1) is 6.92 Å².